The first-order valence-electron chi connectivity index (χ1n) is 6.80. The Morgan fingerprint density at radius 1 is 1.32 bits per heavy atom. The minimum absolute atomic E-state index is 0.141. The van der Waals surface area contributed by atoms with Crippen molar-refractivity contribution in [3.63, 3.8) is 0 Å². The molecule has 0 bridgehead atoms. The van der Waals surface area contributed by atoms with Crippen molar-refractivity contribution in [2.75, 3.05) is 13.1 Å². The maximum atomic E-state index is 12.2. The van der Waals surface area contributed by atoms with Gasteiger partial charge in [-0.3, -0.25) is 14.2 Å². The molecule has 0 aromatic carbocycles. The second kappa shape index (κ2) is 6.63. The molecule has 0 unspecified atom stereocenters. The number of hydrogen-bond acceptors (Lipinski definition) is 4. The highest BCUT2D eigenvalue weighted by molar-refractivity contribution is 6.00. The molecular weight excluding hydrogens is 284 g/mol. The third-order valence-corrected chi connectivity index (χ3v) is 3.03. The predicted octanol–water partition coefficient (Wildman–Crippen LogP) is 1.12. The molecule has 2 amide bonds. The van der Waals surface area contributed by atoms with E-state index in [0.29, 0.717) is 12.3 Å². The van der Waals surface area contributed by atoms with Crippen LogP contribution in [0.5, 0.6) is 0 Å². The lowest BCUT2D eigenvalue weighted by atomic mass is 10.1. The van der Waals surface area contributed by atoms with Gasteiger partial charge in [0.15, 0.2) is 0 Å². The Morgan fingerprint density at radius 2 is 2.00 bits per heavy atom. The van der Waals surface area contributed by atoms with Gasteiger partial charge in [-0.15, -0.1) is 0 Å². The molecule has 2 aromatic heterocycles. The van der Waals surface area contributed by atoms with Crippen LogP contribution in [0, 0.1) is 18.3 Å². The first-order chi connectivity index (χ1) is 10.6. The quantitative estimate of drug-likeness (QED) is 0.864. The highest BCUT2D eigenvalue weighted by Crippen LogP contribution is 2.25. The monoisotopic (exact) mass is 300 g/mol. The number of nitriles is 1. The van der Waals surface area contributed by atoms with Crippen LogP contribution >= 0.6 is 0 Å². The zero-order chi connectivity index (χ0) is 16.1. The Balaban J connectivity index is 2.26. The van der Waals surface area contributed by atoms with Gasteiger partial charge in [0.05, 0.1) is 6.54 Å². The number of aryl methyl sites for hydroxylation is 1. The van der Waals surface area contributed by atoms with Crippen LogP contribution in [0.4, 0.5) is 0 Å². The molecule has 0 spiro atoms. The number of nitrogens with zero attached hydrogens (tertiary/aromatic N) is 2. The fourth-order valence-electron chi connectivity index (χ4n) is 2.07. The number of rotatable bonds is 5. The molecule has 0 saturated carbocycles. The second-order valence-corrected chi connectivity index (χ2v) is 4.55. The van der Waals surface area contributed by atoms with Crippen LogP contribution < -0.4 is 10.6 Å². The minimum atomic E-state index is -0.512. The van der Waals surface area contributed by atoms with E-state index in [1.54, 1.807) is 42.9 Å². The first kappa shape index (κ1) is 15.4. The van der Waals surface area contributed by atoms with E-state index < -0.39 is 5.91 Å². The normalized spacial score (nSPS) is 10.0. The molecule has 2 aromatic rings. The van der Waals surface area contributed by atoms with Gasteiger partial charge in [0, 0.05) is 18.9 Å². The number of hydrogen-bond donors (Lipinski definition) is 2. The Bertz CT molecular complexity index is 723. The van der Waals surface area contributed by atoms with Crippen LogP contribution in [-0.2, 0) is 4.79 Å². The molecule has 2 heterocycles. The van der Waals surface area contributed by atoms with Gasteiger partial charge in [-0.2, -0.15) is 5.26 Å². The van der Waals surface area contributed by atoms with E-state index in [4.69, 9.17) is 4.42 Å². The summed E-state index contributed by atoms with van der Waals surface area (Å²) in [6.07, 6.45) is 3.44. The summed E-state index contributed by atoms with van der Waals surface area (Å²) < 4.78 is 7.15. The van der Waals surface area contributed by atoms with Crippen molar-refractivity contribution in [1.29, 1.82) is 5.26 Å². The number of nitrogens with one attached hydrogen (secondary N) is 2. The molecule has 0 atom stereocenters. The highest BCUT2D eigenvalue weighted by atomic mass is 16.4. The molecule has 0 fully saturated rings. The number of furan rings is 1. The molecule has 0 aliphatic carbocycles. The summed E-state index contributed by atoms with van der Waals surface area (Å²) >= 11 is 0. The maximum absolute atomic E-state index is 12.2. The van der Waals surface area contributed by atoms with Crippen molar-refractivity contribution in [3.05, 3.63) is 41.4 Å². The first-order valence-corrected chi connectivity index (χ1v) is 6.80. The number of carbonyl (C=O) groups excluding carboxylic acids is 2. The number of amides is 2. The van der Waals surface area contributed by atoms with Gasteiger partial charge in [0.2, 0.25) is 11.8 Å². The summed E-state index contributed by atoms with van der Waals surface area (Å²) in [5.74, 6) is -0.189. The van der Waals surface area contributed by atoms with Crippen LogP contribution in [0.25, 0.3) is 5.88 Å². The minimum Gasteiger partial charge on any atom is -0.443 e. The number of carbonyl (C=O) groups is 2. The highest BCUT2D eigenvalue weighted by Gasteiger charge is 2.24. The summed E-state index contributed by atoms with van der Waals surface area (Å²) in [6, 6.07) is 5.56. The molecule has 2 N–H and O–H groups in total. The Hall–Kier alpha value is -3.01. The smallest absolute Gasteiger partial charge is 0.256 e. The Kier molecular flexibility index (Phi) is 4.63. The van der Waals surface area contributed by atoms with Gasteiger partial charge in [-0.05, 0) is 26.0 Å². The molecule has 114 valence electrons. The lowest BCUT2D eigenvalue weighted by Crippen LogP contribution is -2.37. The van der Waals surface area contributed by atoms with E-state index in [0.717, 1.165) is 0 Å². The summed E-state index contributed by atoms with van der Waals surface area (Å²) in [4.78, 5) is 23.6. The molecule has 2 rings (SSSR count). The largest absolute Gasteiger partial charge is 0.443 e. The van der Waals surface area contributed by atoms with Gasteiger partial charge in [-0.25, -0.2) is 0 Å². The average Bonchev–Trinajstić information content (AvgIpc) is 3.12. The summed E-state index contributed by atoms with van der Waals surface area (Å²) in [6.45, 7) is 3.73. The summed E-state index contributed by atoms with van der Waals surface area (Å²) in [5.41, 5.74) is 0.289. The van der Waals surface area contributed by atoms with Crippen LogP contribution in [-0.4, -0.2) is 29.5 Å². The lowest BCUT2D eigenvalue weighted by Gasteiger charge is -2.04. The van der Waals surface area contributed by atoms with Crippen LogP contribution in [0.2, 0.25) is 0 Å². The van der Waals surface area contributed by atoms with E-state index in [2.05, 4.69) is 10.6 Å². The lowest BCUT2D eigenvalue weighted by molar-refractivity contribution is -0.120. The SMILES string of the molecule is CCNC(=O)CNC(=O)c1c(C)oc(-n2cccc2)c1C#N. The molecule has 0 saturated heterocycles. The van der Waals surface area contributed by atoms with Gasteiger partial charge in [-0.1, -0.05) is 0 Å². The zero-order valence-electron chi connectivity index (χ0n) is 12.3. The fraction of sp³-hybridized carbons (Fsp3) is 0.267. The molecule has 0 radical (unpaired) electrons. The van der Waals surface area contributed by atoms with E-state index in [-0.39, 0.29) is 29.5 Å². The standard InChI is InChI=1S/C15H16N4O3/c1-3-17-12(20)9-18-14(21)13-10(2)22-15(11(13)8-16)19-6-4-5-7-19/h4-7H,3,9H2,1-2H3,(H,17,20)(H,18,21). The van der Waals surface area contributed by atoms with Gasteiger partial charge >= 0.3 is 0 Å². The van der Waals surface area contributed by atoms with Crippen molar-refractivity contribution in [1.82, 2.24) is 15.2 Å². The maximum Gasteiger partial charge on any atom is 0.256 e. The van der Waals surface area contributed by atoms with E-state index in [1.165, 1.54) is 0 Å². The van der Waals surface area contributed by atoms with Gasteiger partial charge in [0.1, 0.15) is 23.0 Å². The number of aromatic nitrogens is 1. The van der Waals surface area contributed by atoms with Gasteiger partial charge < -0.3 is 15.1 Å². The van der Waals surface area contributed by atoms with E-state index in [9.17, 15) is 14.9 Å². The number of likely N-dealkylation sites (N-methyl/N-ethyl adjacent to an activating group) is 1. The van der Waals surface area contributed by atoms with Gasteiger partial charge in [0.25, 0.3) is 5.91 Å². The topological polar surface area (TPSA) is 100 Å². The summed E-state index contributed by atoms with van der Waals surface area (Å²) in [5, 5.41) is 14.4. The van der Waals surface area contributed by atoms with Crippen LogP contribution in [0.15, 0.2) is 28.9 Å². The van der Waals surface area contributed by atoms with Crippen LogP contribution in [0.3, 0.4) is 0 Å². The third-order valence-electron chi connectivity index (χ3n) is 3.03. The fourth-order valence-corrected chi connectivity index (χ4v) is 2.07. The van der Waals surface area contributed by atoms with Crippen LogP contribution in [0.1, 0.15) is 28.6 Å². The Morgan fingerprint density at radius 3 is 2.59 bits per heavy atom. The molecule has 7 heteroatoms. The predicted molar refractivity (Wildman–Crippen MR) is 78.5 cm³/mol. The molecule has 7 nitrogen and oxygen atoms in total. The van der Waals surface area contributed by atoms with Crippen molar-refractivity contribution >= 4 is 11.8 Å². The van der Waals surface area contributed by atoms with E-state index >= 15 is 0 Å². The van der Waals surface area contributed by atoms with E-state index in [1.807, 2.05) is 6.07 Å². The van der Waals surface area contributed by atoms with Crippen molar-refractivity contribution in [2.24, 2.45) is 0 Å². The zero-order valence-corrected chi connectivity index (χ0v) is 12.3. The second-order valence-electron chi connectivity index (χ2n) is 4.55. The molecule has 0 aliphatic heterocycles. The van der Waals surface area contributed by atoms with Crippen molar-refractivity contribution < 1.29 is 14.0 Å². The Labute approximate surface area is 127 Å². The van der Waals surface area contributed by atoms with Crippen molar-refractivity contribution in [3.8, 4) is 12.0 Å². The summed E-state index contributed by atoms with van der Waals surface area (Å²) in [7, 11) is 0. The average molecular weight is 300 g/mol. The molecule has 22 heavy (non-hydrogen) atoms. The molecule has 0 aliphatic rings. The molecular formula is C15H16N4O3. The van der Waals surface area contributed by atoms with Crippen molar-refractivity contribution in [2.45, 2.75) is 13.8 Å². The third kappa shape index (κ3) is 3.01.